The summed E-state index contributed by atoms with van der Waals surface area (Å²) in [6.07, 6.45) is 1.57. The zero-order valence-electron chi connectivity index (χ0n) is 13.2. The summed E-state index contributed by atoms with van der Waals surface area (Å²) in [6, 6.07) is 2.76. The normalized spacial score (nSPS) is 21.1. The molecule has 0 aliphatic carbocycles. The lowest BCUT2D eigenvalue weighted by Gasteiger charge is -2.33. The maximum atomic E-state index is 11.5. The standard InChI is InChI=1S/C16H25N3O/c1-10-8-11(2)17-12(3)16(10)13(4)18-14-6-7-15(20)19(5)9-14/h8,13-14,18H,6-7,9H2,1-5H3. The number of hydrogen-bond acceptors (Lipinski definition) is 3. The van der Waals surface area contributed by atoms with Crippen molar-refractivity contribution in [3.05, 3.63) is 28.6 Å². The number of carbonyl (C=O) groups excluding carboxylic acids is 1. The molecule has 1 fully saturated rings. The van der Waals surface area contributed by atoms with Crippen LogP contribution in [-0.2, 0) is 4.79 Å². The molecule has 1 aromatic rings. The average Bonchev–Trinajstić information content (AvgIpc) is 2.32. The molecule has 1 N–H and O–H groups in total. The molecular weight excluding hydrogens is 250 g/mol. The first-order valence-corrected chi connectivity index (χ1v) is 7.33. The Morgan fingerprint density at radius 1 is 1.40 bits per heavy atom. The molecule has 1 amide bonds. The van der Waals surface area contributed by atoms with Crippen molar-refractivity contribution in [2.75, 3.05) is 13.6 Å². The Morgan fingerprint density at radius 3 is 2.70 bits per heavy atom. The Hall–Kier alpha value is -1.42. The molecular formula is C16H25N3O. The zero-order valence-corrected chi connectivity index (χ0v) is 13.2. The van der Waals surface area contributed by atoms with Crippen LogP contribution in [0.2, 0.25) is 0 Å². The van der Waals surface area contributed by atoms with E-state index in [-0.39, 0.29) is 11.9 Å². The van der Waals surface area contributed by atoms with E-state index in [0.717, 1.165) is 24.4 Å². The number of aryl methyl sites for hydroxylation is 3. The maximum absolute atomic E-state index is 11.5. The van der Waals surface area contributed by atoms with Crippen LogP contribution in [0.25, 0.3) is 0 Å². The van der Waals surface area contributed by atoms with Gasteiger partial charge in [-0.1, -0.05) is 0 Å². The SMILES string of the molecule is Cc1cc(C)c(C(C)NC2CCC(=O)N(C)C2)c(C)n1. The van der Waals surface area contributed by atoms with Crippen LogP contribution < -0.4 is 5.32 Å². The van der Waals surface area contributed by atoms with Crippen LogP contribution in [0.4, 0.5) is 0 Å². The van der Waals surface area contributed by atoms with Gasteiger partial charge in [0.05, 0.1) is 0 Å². The third-order valence-corrected chi connectivity index (χ3v) is 4.13. The number of carbonyl (C=O) groups is 1. The minimum absolute atomic E-state index is 0.250. The van der Waals surface area contributed by atoms with Crippen molar-refractivity contribution in [3.8, 4) is 0 Å². The molecule has 0 radical (unpaired) electrons. The molecule has 1 saturated heterocycles. The van der Waals surface area contributed by atoms with Gasteiger partial charge in [0.25, 0.3) is 0 Å². The second kappa shape index (κ2) is 5.92. The zero-order chi connectivity index (χ0) is 14.9. The highest BCUT2D eigenvalue weighted by molar-refractivity contribution is 5.76. The number of rotatable bonds is 3. The van der Waals surface area contributed by atoms with Gasteiger partial charge < -0.3 is 10.2 Å². The van der Waals surface area contributed by atoms with Gasteiger partial charge in [0.15, 0.2) is 0 Å². The molecule has 0 bridgehead atoms. The Balaban J connectivity index is 2.09. The molecule has 1 aliphatic heterocycles. The topological polar surface area (TPSA) is 45.2 Å². The van der Waals surface area contributed by atoms with Crippen molar-refractivity contribution in [1.29, 1.82) is 0 Å². The Labute approximate surface area is 121 Å². The van der Waals surface area contributed by atoms with Gasteiger partial charge in [-0.15, -0.1) is 0 Å². The van der Waals surface area contributed by atoms with E-state index in [2.05, 4.69) is 37.1 Å². The van der Waals surface area contributed by atoms with Crippen molar-refractivity contribution >= 4 is 5.91 Å². The monoisotopic (exact) mass is 275 g/mol. The fourth-order valence-electron chi connectivity index (χ4n) is 3.27. The number of piperidine rings is 1. The predicted molar refractivity (Wildman–Crippen MR) is 80.7 cm³/mol. The lowest BCUT2D eigenvalue weighted by atomic mass is 9.98. The van der Waals surface area contributed by atoms with Crippen LogP contribution in [0, 0.1) is 20.8 Å². The van der Waals surface area contributed by atoms with Crippen LogP contribution >= 0.6 is 0 Å². The van der Waals surface area contributed by atoms with E-state index in [1.807, 2.05) is 18.9 Å². The van der Waals surface area contributed by atoms with Crippen molar-refractivity contribution in [2.24, 2.45) is 0 Å². The Kier molecular flexibility index (Phi) is 4.43. The molecule has 2 atom stereocenters. The first-order chi connectivity index (χ1) is 9.38. The molecule has 2 heterocycles. The molecule has 4 heteroatoms. The molecule has 4 nitrogen and oxygen atoms in total. The second-order valence-electron chi connectivity index (χ2n) is 5.98. The van der Waals surface area contributed by atoms with Crippen LogP contribution in [0.15, 0.2) is 6.07 Å². The maximum Gasteiger partial charge on any atom is 0.222 e. The fourth-order valence-corrected chi connectivity index (χ4v) is 3.27. The molecule has 110 valence electrons. The van der Waals surface area contributed by atoms with Gasteiger partial charge in [-0.05, 0) is 51.3 Å². The summed E-state index contributed by atoms with van der Waals surface area (Å²) >= 11 is 0. The molecule has 0 aromatic carbocycles. The van der Waals surface area contributed by atoms with Gasteiger partial charge in [-0.3, -0.25) is 9.78 Å². The molecule has 1 aliphatic rings. The highest BCUT2D eigenvalue weighted by atomic mass is 16.2. The smallest absolute Gasteiger partial charge is 0.222 e. The van der Waals surface area contributed by atoms with Gasteiger partial charge in [0.2, 0.25) is 5.91 Å². The summed E-state index contributed by atoms with van der Waals surface area (Å²) in [7, 11) is 1.88. The second-order valence-corrected chi connectivity index (χ2v) is 5.98. The van der Waals surface area contributed by atoms with E-state index in [0.29, 0.717) is 12.5 Å². The molecule has 0 spiro atoms. The number of nitrogens with one attached hydrogen (secondary N) is 1. The number of pyridine rings is 1. The number of amides is 1. The average molecular weight is 275 g/mol. The number of likely N-dealkylation sites (N-methyl/N-ethyl adjacent to an activating group) is 1. The van der Waals surface area contributed by atoms with E-state index < -0.39 is 0 Å². The van der Waals surface area contributed by atoms with Crippen LogP contribution in [0.1, 0.15) is 48.3 Å². The predicted octanol–water partition coefficient (Wildman–Crippen LogP) is 2.28. The fraction of sp³-hybridized carbons (Fsp3) is 0.625. The van der Waals surface area contributed by atoms with E-state index in [1.54, 1.807) is 0 Å². The van der Waals surface area contributed by atoms with Crippen LogP contribution in [0.3, 0.4) is 0 Å². The molecule has 1 aromatic heterocycles. The van der Waals surface area contributed by atoms with E-state index in [1.165, 1.54) is 11.1 Å². The van der Waals surface area contributed by atoms with Crippen molar-refractivity contribution in [3.63, 3.8) is 0 Å². The highest BCUT2D eigenvalue weighted by Crippen LogP contribution is 2.23. The molecule has 2 unspecified atom stereocenters. The minimum atomic E-state index is 0.250. The molecule has 20 heavy (non-hydrogen) atoms. The summed E-state index contributed by atoms with van der Waals surface area (Å²) in [4.78, 5) is 17.9. The summed E-state index contributed by atoms with van der Waals surface area (Å²) in [6.45, 7) is 9.22. The number of likely N-dealkylation sites (tertiary alicyclic amines) is 1. The lowest BCUT2D eigenvalue weighted by Crippen LogP contribution is -2.47. The van der Waals surface area contributed by atoms with Crippen molar-refractivity contribution in [2.45, 2.75) is 52.6 Å². The summed E-state index contributed by atoms with van der Waals surface area (Å²) in [5, 5.41) is 3.65. The van der Waals surface area contributed by atoms with Gasteiger partial charge in [-0.25, -0.2) is 0 Å². The minimum Gasteiger partial charge on any atom is -0.344 e. The summed E-state index contributed by atoms with van der Waals surface area (Å²) < 4.78 is 0. The summed E-state index contributed by atoms with van der Waals surface area (Å²) in [5.74, 6) is 0.250. The lowest BCUT2D eigenvalue weighted by molar-refractivity contribution is -0.132. The van der Waals surface area contributed by atoms with Crippen molar-refractivity contribution in [1.82, 2.24) is 15.2 Å². The largest absolute Gasteiger partial charge is 0.344 e. The molecule has 0 saturated carbocycles. The van der Waals surface area contributed by atoms with Crippen molar-refractivity contribution < 1.29 is 4.79 Å². The first kappa shape index (κ1) is 15.0. The van der Waals surface area contributed by atoms with Gasteiger partial charge in [0, 0.05) is 43.5 Å². The molecule has 2 rings (SSSR count). The first-order valence-electron chi connectivity index (χ1n) is 7.33. The van der Waals surface area contributed by atoms with Crippen LogP contribution in [0.5, 0.6) is 0 Å². The summed E-state index contributed by atoms with van der Waals surface area (Å²) in [5.41, 5.74) is 4.74. The van der Waals surface area contributed by atoms with E-state index in [9.17, 15) is 4.79 Å². The van der Waals surface area contributed by atoms with Gasteiger partial charge in [-0.2, -0.15) is 0 Å². The number of aromatic nitrogens is 1. The number of hydrogen-bond donors (Lipinski definition) is 1. The Bertz CT molecular complexity index is 489. The number of nitrogens with zero attached hydrogens (tertiary/aromatic N) is 2. The van der Waals surface area contributed by atoms with Gasteiger partial charge in [0.1, 0.15) is 0 Å². The van der Waals surface area contributed by atoms with E-state index in [4.69, 9.17) is 0 Å². The van der Waals surface area contributed by atoms with E-state index >= 15 is 0 Å². The third-order valence-electron chi connectivity index (χ3n) is 4.13. The highest BCUT2D eigenvalue weighted by Gasteiger charge is 2.25. The quantitative estimate of drug-likeness (QED) is 0.920. The Morgan fingerprint density at radius 2 is 2.10 bits per heavy atom. The third kappa shape index (κ3) is 3.18. The van der Waals surface area contributed by atoms with Gasteiger partial charge >= 0.3 is 0 Å². The van der Waals surface area contributed by atoms with Crippen LogP contribution in [-0.4, -0.2) is 35.4 Å².